The van der Waals surface area contributed by atoms with E-state index in [0.29, 0.717) is 5.92 Å². The lowest BCUT2D eigenvalue weighted by Crippen LogP contribution is -2.36. The fraction of sp³-hybridized carbons (Fsp3) is 0.562. The average Bonchev–Trinajstić information content (AvgIpc) is 2.78. The first kappa shape index (κ1) is 15.2. The van der Waals surface area contributed by atoms with E-state index in [0.717, 1.165) is 17.1 Å². The molecule has 1 N–H and O–H groups in total. The number of thioether (sulfide) groups is 1. The molecular formula is C16H21ClN2OS. The Kier molecular flexibility index (Phi) is 4.77. The van der Waals surface area contributed by atoms with Crippen molar-refractivity contribution in [2.75, 3.05) is 18.1 Å². The van der Waals surface area contributed by atoms with E-state index in [-0.39, 0.29) is 18.1 Å². The molecule has 1 aromatic carbocycles. The average molecular weight is 325 g/mol. The van der Waals surface area contributed by atoms with Gasteiger partial charge in [-0.2, -0.15) is 11.8 Å². The lowest BCUT2D eigenvalue weighted by molar-refractivity contribution is -0.130. The summed E-state index contributed by atoms with van der Waals surface area (Å²) in [6, 6.07) is 7.69. The molecule has 5 heteroatoms. The number of rotatable bonds is 3. The Morgan fingerprint density at radius 1 is 1.29 bits per heavy atom. The SMILES string of the molecule is CC1NC(c2ccc(Cl)cc2)N(CC2CCSCC2)C1=O. The quantitative estimate of drug-likeness (QED) is 0.926. The number of amides is 1. The highest BCUT2D eigenvalue weighted by Crippen LogP contribution is 2.30. The van der Waals surface area contributed by atoms with Crippen LogP contribution in [0.1, 0.15) is 31.5 Å². The van der Waals surface area contributed by atoms with Crippen molar-refractivity contribution in [3.63, 3.8) is 0 Å². The van der Waals surface area contributed by atoms with Crippen LogP contribution in [0.3, 0.4) is 0 Å². The highest BCUT2D eigenvalue weighted by atomic mass is 35.5. The van der Waals surface area contributed by atoms with Crippen LogP contribution < -0.4 is 5.32 Å². The number of carbonyl (C=O) groups is 1. The van der Waals surface area contributed by atoms with Crippen LogP contribution in [0.15, 0.2) is 24.3 Å². The Balaban J connectivity index is 1.77. The summed E-state index contributed by atoms with van der Waals surface area (Å²) in [5.74, 6) is 3.30. The number of nitrogens with zero attached hydrogens (tertiary/aromatic N) is 1. The van der Waals surface area contributed by atoms with Crippen molar-refractivity contribution < 1.29 is 4.79 Å². The molecule has 2 saturated heterocycles. The molecule has 0 aliphatic carbocycles. The molecule has 0 spiro atoms. The molecule has 3 nitrogen and oxygen atoms in total. The zero-order chi connectivity index (χ0) is 14.8. The summed E-state index contributed by atoms with van der Waals surface area (Å²) in [6.45, 7) is 2.81. The van der Waals surface area contributed by atoms with Crippen LogP contribution in [0.25, 0.3) is 0 Å². The molecule has 0 bridgehead atoms. The van der Waals surface area contributed by atoms with E-state index < -0.39 is 0 Å². The van der Waals surface area contributed by atoms with Crippen LogP contribution in [-0.4, -0.2) is 34.9 Å². The van der Waals surface area contributed by atoms with Gasteiger partial charge in [0.1, 0.15) is 6.17 Å². The summed E-state index contributed by atoms with van der Waals surface area (Å²) in [7, 11) is 0. The van der Waals surface area contributed by atoms with E-state index in [1.807, 2.05) is 47.9 Å². The molecule has 2 atom stereocenters. The minimum atomic E-state index is -0.108. The summed E-state index contributed by atoms with van der Waals surface area (Å²) in [5, 5.41) is 4.14. The molecule has 0 aromatic heterocycles. The van der Waals surface area contributed by atoms with E-state index in [2.05, 4.69) is 5.32 Å². The molecule has 2 heterocycles. The molecule has 114 valence electrons. The third kappa shape index (κ3) is 3.38. The third-order valence-corrected chi connectivity index (χ3v) is 5.66. The van der Waals surface area contributed by atoms with Gasteiger partial charge in [-0.25, -0.2) is 0 Å². The lowest BCUT2D eigenvalue weighted by atomic mass is 10.0. The molecule has 1 aromatic rings. The Hall–Kier alpha value is -0.710. The Morgan fingerprint density at radius 2 is 1.95 bits per heavy atom. The predicted octanol–water partition coefficient (Wildman–Crippen LogP) is 3.30. The van der Waals surface area contributed by atoms with E-state index >= 15 is 0 Å². The normalized spacial score (nSPS) is 27.3. The number of carbonyl (C=O) groups excluding carboxylic acids is 1. The lowest BCUT2D eigenvalue weighted by Gasteiger charge is -2.30. The van der Waals surface area contributed by atoms with E-state index in [4.69, 9.17) is 11.6 Å². The summed E-state index contributed by atoms with van der Waals surface area (Å²) >= 11 is 7.99. The molecule has 0 radical (unpaired) electrons. The van der Waals surface area contributed by atoms with Gasteiger partial charge in [-0.3, -0.25) is 10.1 Å². The largest absolute Gasteiger partial charge is 0.321 e. The van der Waals surface area contributed by atoms with Crippen LogP contribution in [-0.2, 0) is 4.79 Å². The first-order chi connectivity index (χ1) is 10.1. The van der Waals surface area contributed by atoms with Crippen molar-refractivity contribution in [2.45, 2.75) is 32.0 Å². The van der Waals surface area contributed by atoms with Gasteiger partial charge < -0.3 is 4.90 Å². The van der Waals surface area contributed by atoms with Crippen molar-refractivity contribution in [3.05, 3.63) is 34.9 Å². The number of hydrogen-bond donors (Lipinski definition) is 1. The maximum absolute atomic E-state index is 12.5. The molecule has 0 saturated carbocycles. The topological polar surface area (TPSA) is 32.3 Å². The molecule has 2 fully saturated rings. The molecule has 2 aliphatic heterocycles. The standard InChI is InChI=1S/C16H21ClN2OS/c1-11-16(20)19(10-12-6-8-21-9-7-12)15(18-11)13-2-4-14(17)5-3-13/h2-5,11-12,15,18H,6-10H2,1H3. The van der Waals surface area contributed by atoms with Gasteiger partial charge in [-0.15, -0.1) is 0 Å². The Bertz CT molecular complexity index is 502. The number of halogens is 1. The number of benzene rings is 1. The first-order valence-corrected chi connectivity index (χ1v) is 9.08. The third-order valence-electron chi connectivity index (χ3n) is 4.35. The van der Waals surface area contributed by atoms with Crippen LogP contribution in [0.5, 0.6) is 0 Å². The van der Waals surface area contributed by atoms with Crippen molar-refractivity contribution in [1.82, 2.24) is 10.2 Å². The zero-order valence-corrected chi connectivity index (χ0v) is 13.8. The predicted molar refractivity (Wildman–Crippen MR) is 88.6 cm³/mol. The van der Waals surface area contributed by atoms with Gasteiger partial charge in [0.15, 0.2) is 0 Å². The molecular weight excluding hydrogens is 304 g/mol. The van der Waals surface area contributed by atoms with Crippen LogP contribution in [0.2, 0.25) is 5.02 Å². The monoisotopic (exact) mass is 324 g/mol. The zero-order valence-electron chi connectivity index (χ0n) is 12.2. The smallest absolute Gasteiger partial charge is 0.241 e. The summed E-state index contributed by atoms with van der Waals surface area (Å²) < 4.78 is 0. The van der Waals surface area contributed by atoms with Gasteiger partial charge in [0.05, 0.1) is 6.04 Å². The van der Waals surface area contributed by atoms with Crippen molar-refractivity contribution >= 4 is 29.3 Å². The molecule has 3 rings (SSSR count). The number of hydrogen-bond acceptors (Lipinski definition) is 3. The molecule has 1 amide bonds. The van der Waals surface area contributed by atoms with Gasteiger partial charge in [-0.05, 0) is 54.9 Å². The second-order valence-corrected chi connectivity index (χ2v) is 7.55. The van der Waals surface area contributed by atoms with Crippen LogP contribution in [0.4, 0.5) is 0 Å². The molecule has 2 aliphatic rings. The highest BCUT2D eigenvalue weighted by molar-refractivity contribution is 7.99. The molecule has 21 heavy (non-hydrogen) atoms. The van der Waals surface area contributed by atoms with E-state index in [1.165, 1.54) is 24.3 Å². The maximum atomic E-state index is 12.5. The highest BCUT2D eigenvalue weighted by Gasteiger charge is 2.38. The molecule has 2 unspecified atom stereocenters. The van der Waals surface area contributed by atoms with Gasteiger partial charge in [0, 0.05) is 11.6 Å². The van der Waals surface area contributed by atoms with Gasteiger partial charge in [-0.1, -0.05) is 23.7 Å². The van der Waals surface area contributed by atoms with Gasteiger partial charge >= 0.3 is 0 Å². The first-order valence-electron chi connectivity index (χ1n) is 7.55. The number of nitrogens with one attached hydrogen (secondary N) is 1. The second kappa shape index (κ2) is 6.59. The summed E-state index contributed by atoms with van der Waals surface area (Å²) in [6.07, 6.45) is 2.42. The Labute approximate surface area is 135 Å². The van der Waals surface area contributed by atoms with Crippen molar-refractivity contribution in [2.24, 2.45) is 5.92 Å². The fourth-order valence-corrected chi connectivity index (χ4v) is 4.43. The van der Waals surface area contributed by atoms with Gasteiger partial charge in [0.25, 0.3) is 0 Å². The minimum absolute atomic E-state index is 0.0145. The fourth-order valence-electron chi connectivity index (χ4n) is 3.10. The van der Waals surface area contributed by atoms with E-state index in [9.17, 15) is 4.79 Å². The summed E-state index contributed by atoms with van der Waals surface area (Å²) in [4.78, 5) is 14.5. The van der Waals surface area contributed by atoms with Crippen LogP contribution in [0, 0.1) is 5.92 Å². The van der Waals surface area contributed by atoms with Crippen LogP contribution >= 0.6 is 23.4 Å². The van der Waals surface area contributed by atoms with E-state index in [1.54, 1.807) is 0 Å². The second-order valence-electron chi connectivity index (χ2n) is 5.89. The van der Waals surface area contributed by atoms with Gasteiger partial charge in [0.2, 0.25) is 5.91 Å². The van der Waals surface area contributed by atoms with Crippen molar-refractivity contribution in [1.29, 1.82) is 0 Å². The minimum Gasteiger partial charge on any atom is -0.321 e. The van der Waals surface area contributed by atoms with Crippen molar-refractivity contribution in [3.8, 4) is 0 Å². The maximum Gasteiger partial charge on any atom is 0.241 e. The Morgan fingerprint density at radius 3 is 2.62 bits per heavy atom. The summed E-state index contributed by atoms with van der Waals surface area (Å²) in [5.41, 5.74) is 1.11.